The first-order chi connectivity index (χ1) is 9.52. The van der Waals surface area contributed by atoms with Crippen molar-refractivity contribution >= 4 is 10.4 Å². The highest BCUT2D eigenvalue weighted by atomic mass is 32.3. The molecule has 2 rings (SSSR count). The molecule has 116 valence electrons. The van der Waals surface area contributed by atoms with Crippen LogP contribution in [0.1, 0.15) is 0 Å². The maximum absolute atomic E-state index is 9.92. The zero-order valence-corrected chi connectivity index (χ0v) is 12.5. The molecule has 0 bridgehead atoms. The van der Waals surface area contributed by atoms with Gasteiger partial charge in [0.2, 0.25) is 0 Å². The van der Waals surface area contributed by atoms with Crippen molar-refractivity contribution in [2.45, 2.75) is 0 Å². The maximum atomic E-state index is 9.92. The van der Waals surface area contributed by atoms with E-state index in [2.05, 4.69) is 19.0 Å². The molecule has 0 aromatic heterocycles. The van der Waals surface area contributed by atoms with Gasteiger partial charge in [0.1, 0.15) is 5.75 Å². The van der Waals surface area contributed by atoms with E-state index in [1.165, 1.54) is 0 Å². The van der Waals surface area contributed by atoms with Crippen molar-refractivity contribution in [3.05, 3.63) is 30.3 Å². The van der Waals surface area contributed by atoms with Gasteiger partial charge in [-0.25, -0.2) is 0 Å². The van der Waals surface area contributed by atoms with Crippen molar-refractivity contribution in [3.8, 4) is 5.75 Å². The number of nitrogens with one attached hydrogen (secondary N) is 2. The smallest absolute Gasteiger partial charge is 0.399 e. The molecule has 0 saturated carbocycles. The Kier molecular flexibility index (Phi) is 10.9. The van der Waals surface area contributed by atoms with E-state index in [0.29, 0.717) is 5.75 Å². The molecule has 0 radical (unpaired) electrons. The summed E-state index contributed by atoms with van der Waals surface area (Å²) >= 11 is 0. The van der Waals surface area contributed by atoms with E-state index in [1.807, 2.05) is 6.07 Å². The lowest BCUT2D eigenvalue weighted by atomic mass is 10.3. The van der Waals surface area contributed by atoms with E-state index in [9.17, 15) is 8.42 Å². The van der Waals surface area contributed by atoms with Crippen molar-refractivity contribution in [3.63, 3.8) is 0 Å². The van der Waals surface area contributed by atoms with Crippen LogP contribution in [0.25, 0.3) is 0 Å². The molecule has 0 unspecified atom stereocenters. The second-order valence-corrected chi connectivity index (χ2v) is 5.06. The molecule has 0 spiro atoms. The number of aromatic hydroxyl groups is 1. The van der Waals surface area contributed by atoms with Crippen LogP contribution in [0, 0.1) is 0 Å². The van der Waals surface area contributed by atoms with Gasteiger partial charge in [0, 0.05) is 26.2 Å². The van der Waals surface area contributed by atoms with Crippen molar-refractivity contribution in [1.29, 1.82) is 0 Å². The van der Waals surface area contributed by atoms with Gasteiger partial charge < -0.3 is 15.7 Å². The first-order valence-electron chi connectivity index (χ1n) is 6.03. The molecule has 1 heterocycles. The third-order valence-corrected chi connectivity index (χ3v) is 2.94. The third kappa shape index (κ3) is 11.9. The van der Waals surface area contributed by atoms with Crippen molar-refractivity contribution < 1.29 is 21.9 Å². The Morgan fingerprint density at radius 2 is 1.35 bits per heavy atom. The molecule has 3 N–H and O–H groups in total. The highest BCUT2D eigenvalue weighted by molar-refractivity contribution is 7.81. The zero-order valence-electron chi connectivity index (χ0n) is 11.7. The van der Waals surface area contributed by atoms with Gasteiger partial charge in [-0.2, -0.15) is 8.42 Å². The van der Waals surface area contributed by atoms with Crippen LogP contribution < -0.4 is 10.6 Å². The van der Waals surface area contributed by atoms with Gasteiger partial charge >= 0.3 is 10.4 Å². The average Bonchev–Trinajstić information content (AvgIpc) is 2.51. The number of rotatable bonds is 2. The summed E-state index contributed by atoms with van der Waals surface area (Å²) in [5, 5.41) is 15.1. The number of piperazine rings is 1. The van der Waals surface area contributed by atoms with Crippen LogP contribution in [0.2, 0.25) is 0 Å². The molecule has 1 aromatic carbocycles. The monoisotopic (exact) mass is 306 g/mol. The molecular weight excluding hydrogens is 284 g/mol. The summed E-state index contributed by atoms with van der Waals surface area (Å²) in [6.07, 6.45) is 0. The molecular formula is C12H22N2O5S. The van der Waals surface area contributed by atoms with Crippen LogP contribution in [-0.2, 0) is 18.8 Å². The fourth-order valence-corrected chi connectivity index (χ4v) is 1.24. The summed E-state index contributed by atoms with van der Waals surface area (Å²) in [6.45, 7) is 4.56. The van der Waals surface area contributed by atoms with Crippen LogP contribution in [0.15, 0.2) is 30.3 Å². The molecule has 0 atom stereocenters. The number of phenolic OH excluding ortho intramolecular Hbond substituents is 1. The number of hydrogen-bond donors (Lipinski definition) is 3. The normalized spacial score (nSPS) is 14.3. The number of benzene rings is 1. The highest BCUT2D eigenvalue weighted by Crippen LogP contribution is 2.02. The Morgan fingerprint density at radius 3 is 1.50 bits per heavy atom. The van der Waals surface area contributed by atoms with E-state index in [0.717, 1.165) is 40.4 Å². The fourth-order valence-electron chi connectivity index (χ4n) is 1.10. The van der Waals surface area contributed by atoms with Gasteiger partial charge in [-0.3, -0.25) is 8.37 Å². The number of hydrogen-bond acceptors (Lipinski definition) is 7. The molecule has 20 heavy (non-hydrogen) atoms. The summed E-state index contributed by atoms with van der Waals surface area (Å²) < 4.78 is 27.5. The minimum atomic E-state index is -3.66. The molecule has 1 saturated heterocycles. The van der Waals surface area contributed by atoms with Crippen LogP contribution in [0.3, 0.4) is 0 Å². The second-order valence-electron chi connectivity index (χ2n) is 3.58. The Hall–Kier alpha value is -1.19. The molecule has 1 aliphatic rings. The molecule has 1 aliphatic heterocycles. The summed E-state index contributed by atoms with van der Waals surface area (Å²) in [7, 11) is -1.60. The van der Waals surface area contributed by atoms with E-state index in [-0.39, 0.29) is 0 Å². The average molecular weight is 306 g/mol. The van der Waals surface area contributed by atoms with Crippen molar-refractivity contribution in [2.75, 3.05) is 40.4 Å². The van der Waals surface area contributed by atoms with Gasteiger partial charge in [-0.15, -0.1) is 0 Å². The molecule has 0 amide bonds. The maximum Gasteiger partial charge on any atom is 0.399 e. The van der Waals surface area contributed by atoms with Crippen LogP contribution in [-0.4, -0.2) is 53.9 Å². The highest BCUT2D eigenvalue weighted by Gasteiger charge is 2.01. The molecule has 8 heteroatoms. The molecule has 7 nitrogen and oxygen atoms in total. The summed E-state index contributed by atoms with van der Waals surface area (Å²) in [4.78, 5) is 0. The largest absolute Gasteiger partial charge is 0.508 e. The first-order valence-corrected chi connectivity index (χ1v) is 7.37. The SMILES string of the molecule is C1CNCCN1.COS(=O)(=O)OC.Oc1ccccc1. The van der Waals surface area contributed by atoms with Gasteiger partial charge in [0.25, 0.3) is 0 Å². The molecule has 1 aromatic rings. The zero-order chi connectivity index (χ0) is 15.3. The minimum absolute atomic E-state index is 0.322. The predicted octanol–water partition coefficient (Wildman–Crippen LogP) is 0.0954. The Labute approximate surface area is 120 Å². The van der Waals surface area contributed by atoms with Gasteiger partial charge in [0.15, 0.2) is 0 Å². The standard InChI is InChI=1S/C6H6O.C4H10N2.C2H6O4S/c7-6-4-2-1-3-5-6;1-2-6-4-3-5-1;1-5-7(3,4)6-2/h1-5,7H;5-6H,1-4H2;1-2H3. The minimum Gasteiger partial charge on any atom is -0.508 e. The lowest BCUT2D eigenvalue weighted by molar-refractivity contribution is 0.286. The van der Waals surface area contributed by atoms with Crippen LogP contribution in [0.4, 0.5) is 0 Å². The number of phenols is 1. The summed E-state index contributed by atoms with van der Waals surface area (Å²) in [5.41, 5.74) is 0. The van der Waals surface area contributed by atoms with E-state index >= 15 is 0 Å². The quantitative estimate of drug-likeness (QED) is 0.713. The third-order valence-electron chi connectivity index (χ3n) is 2.12. The molecule has 1 fully saturated rings. The Morgan fingerprint density at radius 1 is 0.950 bits per heavy atom. The van der Waals surface area contributed by atoms with Crippen LogP contribution in [0.5, 0.6) is 5.75 Å². The molecule has 0 aliphatic carbocycles. The van der Waals surface area contributed by atoms with Gasteiger partial charge in [-0.1, -0.05) is 18.2 Å². The van der Waals surface area contributed by atoms with E-state index < -0.39 is 10.4 Å². The fraction of sp³-hybridized carbons (Fsp3) is 0.500. The summed E-state index contributed by atoms with van der Waals surface area (Å²) in [6, 6.07) is 8.71. The lowest BCUT2D eigenvalue weighted by Crippen LogP contribution is -2.39. The predicted molar refractivity (Wildman–Crippen MR) is 76.8 cm³/mol. The van der Waals surface area contributed by atoms with Gasteiger partial charge in [-0.05, 0) is 12.1 Å². The van der Waals surface area contributed by atoms with Crippen molar-refractivity contribution in [2.24, 2.45) is 0 Å². The van der Waals surface area contributed by atoms with Crippen LogP contribution >= 0.6 is 0 Å². The topological polar surface area (TPSA) is 96.9 Å². The van der Waals surface area contributed by atoms with Gasteiger partial charge in [0.05, 0.1) is 14.2 Å². The first kappa shape index (κ1) is 18.8. The van der Waals surface area contributed by atoms with Crippen molar-refractivity contribution in [1.82, 2.24) is 10.6 Å². The summed E-state index contributed by atoms with van der Waals surface area (Å²) in [5.74, 6) is 0.322. The lowest BCUT2D eigenvalue weighted by Gasteiger charge is -2.11. The Bertz CT molecular complexity index is 399. The van der Waals surface area contributed by atoms with E-state index in [4.69, 9.17) is 5.11 Å². The number of para-hydroxylation sites is 1. The Balaban J connectivity index is 0.000000271. The van der Waals surface area contributed by atoms with E-state index in [1.54, 1.807) is 24.3 Å². The second kappa shape index (κ2) is 11.6.